The molecule has 1 aliphatic carbocycles. The number of hydrogen-bond acceptors (Lipinski definition) is 2. The summed E-state index contributed by atoms with van der Waals surface area (Å²) in [7, 11) is 0. The zero-order chi connectivity index (χ0) is 9.10. The molecule has 0 aliphatic heterocycles. The molecule has 2 nitrogen and oxygen atoms in total. The quantitative estimate of drug-likeness (QED) is 0.679. The lowest BCUT2D eigenvalue weighted by molar-refractivity contribution is 0.127. The van der Waals surface area contributed by atoms with Gasteiger partial charge in [0.25, 0.3) is 0 Å². The van der Waals surface area contributed by atoms with E-state index in [1.54, 1.807) is 0 Å². The van der Waals surface area contributed by atoms with E-state index in [0.29, 0.717) is 12.0 Å². The number of hydrogen-bond donors (Lipinski definition) is 2. The molecule has 0 saturated heterocycles. The van der Waals surface area contributed by atoms with Gasteiger partial charge < -0.3 is 5.21 Å². The van der Waals surface area contributed by atoms with Crippen LogP contribution in [0.2, 0.25) is 0 Å². The molecule has 2 atom stereocenters. The van der Waals surface area contributed by atoms with Crippen LogP contribution >= 0.6 is 0 Å². The molecule has 2 rings (SSSR count). The van der Waals surface area contributed by atoms with Gasteiger partial charge in [0.1, 0.15) is 0 Å². The monoisotopic (exact) mass is 177 g/mol. The summed E-state index contributed by atoms with van der Waals surface area (Å²) in [4.78, 5) is 0. The standard InChI is InChI=1S/C11H15NO/c13-12-11-7-6-10(8-11)9-4-2-1-3-5-9/h1-5,10-13H,6-8H2. The van der Waals surface area contributed by atoms with E-state index < -0.39 is 0 Å². The van der Waals surface area contributed by atoms with Gasteiger partial charge in [0.05, 0.1) is 0 Å². The van der Waals surface area contributed by atoms with Crippen molar-refractivity contribution in [3.63, 3.8) is 0 Å². The van der Waals surface area contributed by atoms with Crippen molar-refractivity contribution in [3.05, 3.63) is 35.9 Å². The SMILES string of the molecule is ONC1CCC(c2ccccc2)C1. The lowest BCUT2D eigenvalue weighted by Crippen LogP contribution is -2.21. The highest BCUT2D eigenvalue weighted by atomic mass is 16.5. The van der Waals surface area contributed by atoms with Gasteiger partial charge in [-0.2, -0.15) is 0 Å². The minimum Gasteiger partial charge on any atom is -0.317 e. The summed E-state index contributed by atoms with van der Waals surface area (Å²) in [6.07, 6.45) is 3.32. The van der Waals surface area contributed by atoms with E-state index in [1.807, 2.05) is 6.07 Å². The molecule has 0 bridgehead atoms. The lowest BCUT2D eigenvalue weighted by atomic mass is 9.98. The predicted molar refractivity (Wildman–Crippen MR) is 51.7 cm³/mol. The van der Waals surface area contributed by atoms with Gasteiger partial charge in [0.2, 0.25) is 0 Å². The topological polar surface area (TPSA) is 32.3 Å². The van der Waals surface area contributed by atoms with Gasteiger partial charge in [0, 0.05) is 6.04 Å². The summed E-state index contributed by atoms with van der Waals surface area (Å²) < 4.78 is 0. The van der Waals surface area contributed by atoms with Gasteiger partial charge >= 0.3 is 0 Å². The van der Waals surface area contributed by atoms with Crippen LogP contribution in [0.3, 0.4) is 0 Å². The molecule has 1 aromatic carbocycles. The summed E-state index contributed by atoms with van der Waals surface area (Å²) in [5.41, 5.74) is 3.77. The first-order chi connectivity index (χ1) is 6.40. The second-order valence-corrected chi connectivity index (χ2v) is 3.75. The smallest absolute Gasteiger partial charge is 0.0325 e. The third-order valence-electron chi connectivity index (χ3n) is 2.89. The molecule has 1 fully saturated rings. The van der Waals surface area contributed by atoms with Crippen LogP contribution in [0.1, 0.15) is 30.7 Å². The van der Waals surface area contributed by atoms with E-state index in [4.69, 9.17) is 5.21 Å². The Morgan fingerprint density at radius 2 is 1.92 bits per heavy atom. The first-order valence-electron chi connectivity index (χ1n) is 4.84. The Morgan fingerprint density at radius 1 is 1.15 bits per heavy atom. The van der Waals surface area contributed by atoms with Crippen LogP contribution in [0, 0.1) is 0 Å². The van der Waals surface area contributed by atoms with Crippen LogP contribution in [0.5, 0.6) is 0 Å². The Balaban J connectivity index is 2.04. The van der Waals surface area contributed by atoms with Crippen molar-refractivity contribution < 1.29 is 5.21 Å². The van der Waals surface area contributed by atoms with Gasteiger partial charge in [-0.3, -0.25) is 0 Å². The highest BCUT2D eigenvalue weighted by Gasteiger charge is 2.24. The molecule has 0 amide bonds. The number of hydroxylamine groups is 1. The maximum absolute atomic E-state index is 8.78. The number of benzene rings is 1. The maximum Gasteiger partial charge on any atom is 0.0325 e. The van der Waals surface area contributed by atoms with Gasteiger partial charge in [-0.25, -0.2) is 5.48 Å². The van der Waals surface area contributed by atoms with Crippen molar-refractivity contribution in [3.8, 4) is 0 Å². The van der Waals surface area contributed by atoms with Crippen LogP contribution < -0.4 is 5.48 Å². The average Bonchev–Trinajstić information content (AvgIpc) is 2.67. The Morgan fingerprint density at radius 3 is 2.54 bits per heavy atom. The molecule has 2 unspecified atom stereocenters. The van der Waals surface area contributed by atoms with Gasteiger partial charge in [-0.05, 0) is 30.7 Å². The molecule has 1 saturated carbocycles. The molecule has 1 aliphatic rings. The van der Waals surface area contributed by atoms with Crippen molar-refractivity contribution in [2.75, 3.05) is 0 Å². The van der Waals surface area contributed by atoms with E-state index >= 15 is 0 Å². The van der Waals surface area contributed by atoms with Gasteiger partial charge in [0.15, 0.2) is 0 Å². The fraction of sp³-hybridized carbons (Fsp3) is 0.455. The van der Waals surface area contributed by atoms with Crippen LogP contribution in [-0.4, -0.2) is 11.2 Å². The second kappa shape index (κ2) is 3.90. The van der Waals surface area contributed by atoms with E-state index in [1.165, 1.54) is 12.0 Å². The molecule has 2 heteroatoms. The summed E-state index contributed by atoms with van der Waals surface area (Å²) in [6.45, 7) is 0. The molecule has 13 heavy (non-hydrogen) atoms. The van der Waals surface area contributed by atoms with Crippen molar-refractivity contribution >= 4 is 0 Å². The van der Waals surface area contributed by atoms with Crippen LogP contribution in [-0.2, 0) is 0 Å². The fourth-order valence-electron chi connectivity index (χ4n) is 2.13. The molecular formula is C11H15NO. The van der Waals surface area contributed by atoms with Gasteiger partial charge in [-0.1, -0.05) is 30.3 Å². The van der Waals surface area contributed by atoms with E-state index in [9.17, 15) is 0 Å². The van der Waals surface area contributed by atoms with E-state index in [-0.39, 0.29) is 0 Å². The fourth-order valence-corrected chi connectivity index (χ4v) is 2.13. The minimum absolute atomic E-state index is 0.296. The van der Waals surface area contributed by atoms with Crippen LogP contribution in [0.4, 0.5) is 0 Å². The summed E-state index contributed by atoms with van der Waals surface area (Å²) in [5.74, 6) is 0.630. The Bertz CT molecular complexity index is 260. The zero-order valence-electron chi connectivity index (χ0n) is 7.61. The largest absolute Gasteiger partial charge is 0.317 e. The molecule has 0 radical (unpaired) electrons. The third-order valence-corrected chi connectivity index (χ3v) is 2.89. The molecule has 1 aromatic rings. The Hall–Kier alpha value is -0.860. The molecule has 0 aromatic heterocycles. The first kappa shape index (κ1) is 8.73. The van der Waals surface area contributed by atoms with Crippen molar-refractivity contribution in [2.24, 2.45) is 0 Å². The summed E-state index contributed by atoms with van der Waals surface area (Å²) in [5, 5.41) is 8.78. The highest BCUT2D eigenvalue weighted by molar-refractivity contribution is 5.20. The molecule has 70 valence electrons. The van der Waals surface area contributed by atoms with E-state index in [0.717, 1.165) is 12.8 Å². The van der Waals surface area contributed by atoms with E-state index in [2.05, 4.69) is 29.7 Å². The Labute approximate surface area is 78.5 Å². The number of rotatable bonds is 2. The van der Waals surface area contributed by atoms with Crippen LogP contribution in [0.25, 0.3) is 0 Å². The summed E-state index contributed by atoms with van der Waals surface area (Å²) >= 11 is 0. The molecule has 0 spiro atoms. The second-order valence-electron chi connectivity index (χ2n) is 3.75. The summed E-state index contributed by atoms with van der Waals surface area (Å²) in [6, 6.07) is 10.8. The first-order valence-corrected chi connectivity index (χ1v) is 4.84. The molecule has 2 N–H and O–H groups in total. The minimum atomic E-state index is 0.296. The maximum atomic E-state index is 8.78. The average molecular weight is 177 g/mol. The predicted octanol–water partition coefficient (Wildman–Crippen LogP) is 2.30. The van der Waals surface area contributed by atoms with Crippen molar-refractivity contribution in [1.29, 1.82) is 0 Å². The lowest BCUT2D eigenvalue weighted by Gasteiger charge is -2.09. The molecular weight excluding hydrogens is 162 g/mol. The van der Waals surface area contributed by atoms with Crippen molar-refractivity contribution in [2.45, 2.75) is 31.2 Å². The van der Waals surface area contributed by atoms with Gasteiger partial charge in [-0.15, -0.1) is 0 Å². The number of nitrogens with one attached hydrogen (secondary N) is 1. The third kappa shape index (κ3) is 1.90. The molecule has 0 heterocycles. The van der Waals surface area contributed by atoms with Crippen LogP contribution in [0.15, 0.2) is 30.3 Å². The Kier molecular flexibility index (Phi) is 2.62. The highest BCUT2D eigenvalue weighted by Crippen LogP contribution is 2.33. The van der Waals surface area contributed by atoms with Crippen molar-refractivity contribution in [1.82, 2.24) is 5.48 Å². The normalized spacial score (nSPS) is 27.8. The zero-order valence-corrected chi connectivity index (χ0v) is 7.61.